The maximum Gasteiger partial charge on any atom is 0.411 e. The zero-order valence-corrected chi connectivity index (χ0v) is 17.0. The number of carbonyl (C=O) groups is 3. The lowest BCUT2D eigenvalue weighted by Gasteiger charge is -2.37. The molecule has 2 heterocycles. The summed E-state index contributed by atoms with van der Waals surface area (Å²) < 4.78 is 10.7. The first-order valence-electron chi connectivity index (χ1n) is 10.3. The molecule has 1 saturated heterocycles. The number of rotatable bonds is 5. The van der Waals surface area contributed by atoms with E-state index in [2.05, 4.69) is 17.4 Å². The smallest absolute Gasteiger partial charge is 0.411 e. The molecule has 2 aliphatic rings. The molecule has 1 unspecified atom stereocenters. The Morgan fingerprint density at radius 3 is 2.28 bits per heavy atom. The van der Waals surface area contributed by atoms with Gasteiger partial charge in [0.15, 0.2) is 0 Å². The van der Waals surface area contributed by atoms with Crippen LogP contribution in [-0.4, -0.2) is 47.2 Å². The molecule has 2 N–H and O–H groups in total. The van der Waals surface area contributed by atoms with Crippen molar-refractivity contribution in [3.63, 3.8) is 0 Å². The van der Waals surface area contributed by atoms with E-state index >= 15 is 0 Å². The van der Waals surface area contributed by atoms with E-state index in [4.69, 9.17) is 14.3 Å². The van der Waals surface area contributed by atoms with Gasteiger partial charge in [-0.15, -0.1) is 0 Å². The maximum atomic E-state index is 12.6. The van der Waals surface area contributed by atoms with Crippen molar-refractivity contribution in [1.29, 1.82) is 0 Å². The van der Waals surface area contributed by atoms with E-state index in [0.717, 1.165) is 22.3 Å². The number of likely N-dealkylation sites (tertiary alicyclic amines) is 1. The van der Waals surface area contributed by atoms with E-state index < -0.39 is 24.0 Å². The summed E-state index contributed by atoms with van der Waals surface area (Å²) in [6.45, 7) is 0.453. The lowest BCUT2D eigenvalue weighted by molar-refractivity contribution is -0.146. The number of nitrogens with one attached hydrogen (secondary N) is 1. The van der Waals surface area contributed by atoms with Gasteiger partial charge in [-0.3, -0.25) is 10.1 Å². The highest BCUT2D eigenvalue weighted by molar-refractivity contribution is 6.02. The molecule has 8 nitrogen and oxygen atoms in total. The lowest BCUT2D eigenvalue weighted by atomic mass is 9.98. The number of ether oxygens (including phenoxy) is 1. The third-order valence-electron chi connectivity index (χ3n) is 6.01. The summed E-state index contributed by atoms with van der Waals surface area (Å²) in [5, 5.41) is 11.7. The molecule has 0 saturated carbocycles. The van der Waals surface area contributed by atoms with Gasteiger partial charge in [-0.2, -0.15) is 0 Å². The van der Waals surface area contributed by atoms with Gasteiger partial charge >= 0.3 is 12.1 Å². The molecule has 2 aromatic carbocycles. The molecule has 2 amide bonds. The molecular formula is C24H20N2O6. The third-order valence-corrected chi connectivity index (χ3v) is 6.01. The molecule has 5 rings (SSSR count). The Balaban J connectivity index is 1.27. The van der Waals surface area contributed by atoms with Crippen LogP contribution >= 0.6 is 0 Å². The highest BCUT2D eigenvalue weighted by Gasteiger charge is 2.40. The van der Waals surface area contributed by atoms with Crippen molar-refractivity contribution >= 4 is 23.7 Å². The van der Waals surface area contributed by atoms with Crippen molar-refractivity contribution in [1.82, 2.24) is 4.90 Å². The number of hydrogen-bond donors (Lipinski definition) is 2. The first kappa shape index (κ1) is 19.9. The molecule has 0 radical (unpaired) electrons. The van der Waals surface area contributed by atoms with Crippen molar-refractivity contribution in [2.24, 2.45) is 0 Å². The Morgan fingerprint density at radius 1 is 1.03 bits per heavy atom. The fourth-order valence-corrected chi connectivity index (χ4v) is 4.34. The zero-order valence-electron chi connectivity index (χ0n) is 17.0. The van der Waals surface area contributed by atoms with Crippen LogP contribution in [0.2, 0.25) is 0 Å². The quantitative estimate of drug-likeness (QED) is 0.632. The topological polar surface area (TPSA) is 109 Å². The van der Waals surface area contributed by atoms with Crippen molar-refractivity contribution in [3.05, 3.63) is 77.7 Å². The number of furan rings is 1. The van der Waals surface area contributed by atoms with Crippen molar-refractivity contribution < 1.29 is 28.6 Å². The Bertz CT molecular complexity index is 1170. The van der Waals surface area contributed by atoms with Gasteiger partial charge in [0.05, 0.1) is 12.0 Å². The van der Waals surface area contributed by atoms with Crippen LogP contribution in [0.4, 0.5) is 10.5 Å². The van der Waals surface area contributed by atoms with Gasteiger partial charge in [0.2, 0.25) is 5.76 Å². The van der Waals surface area contributed by atoms with Crippen LogP contribution in [-0.2, 0) is 9.53 Å². The van der Waals surface area contributed by atoms with Gasteiger partial charge in [0, 0.05) is 18.5 Å². The second-order valence-corrected chi connectivity index (χ2v) is 7.76. The number of aliphatic carboxylic acids is 1. The fraction of sp³-hybridized carbons (Fsp3) is 0.208. The highest BCUT2D eigenvalue weighted by atomic mass is 16.5. The summed E-state index contributed by atoms with van der Waals surface area (Å²) in [4.78, 5) is 37.5. The third kappa shape index (κ3) is 3.30. The molecule has 1 aliphatic carbocycles. The van der Waals surface area contributed by atoms with E-state index in [1.807, 2.05) is 36.4 Å². The normalized spacial score (nSPS) is 16.6. The van der Waals surface area contributed by atoms with Gasteiger partial charge in [-0.05, 0) is 28.7 Å². The van der Waals surface area contributed by atoms with Crippen LogP contribution in [0.3, 0.4) is 0 Å². The Kier molecular flexibility index (Phi) is 4.89. The van der Waals surface area contributed by atoms with Gasteiger partial charge in [0.1, 0.15) is 12.6 Å². The van der Waals surface area contributed by atoms with Gasteiger partial charge in [0.25, 0.3) is 5.91 Å². The van der Waals surface area contributed by atoms with E-state index in [9.17, 15) is 14.4 Å². The second-order valence-electron chi connectivity index (χ2n) is 7.76. The molecule has 0 spiro atoms. The lowest BCUT2D eigenvalue weighted by Crippen LogP contribution is -2.55. The molecule has 1 aliphatic heterocycles. The van der Waals surface area contributed by atoms with Crippen molar-refractivity contribution in [2.45, 2.75) is 18.4 Å². The molecule has 0 bridgehead atoms. The molecule has 162 valence electrons. The Morgan fingerprint density at radius 2 is 1.69 bits per heavy atom. The number of carboxylic acid groups (broad SMARTS) is 1. The van der Waals surface area contributed by atoms with Crippen LogP contribution in [0.25, 0.3) is 11.1 Å². The molecular weight excluding hydrogens is 412 g/mol. The summed E-state index contributed by atoms with van der Waals surface area (Å²) in [6, 6.07) is 16.6. The second kappa shape index (κ2) is 7.88. The van der Waals surface area contributed by atoms with Gasteiger partial charge < -0.3 is 19.2 Å². The van der Waals surface area contributed by atoms with Crippen molar-refractivity contribution in [2.75, 3.05) is 18.5 Å². The van der Waals surface area contributed by atoms with Crippen LogP contribution < -0.4 is 5.32 Å². The Labute approximate surface area is 183 Å². The number of carbonyl (C=O) groups excluding carboxylic acids is 2. The number of nitrogens with zero attached hydrogens (tertiary/aromatic N) is 1. The summed E-state index contributed by atoms with van der Waals surface area (Å²) in [5.74, 6) is -1.86. The summed E-state index contributed by atoms with van der Waals surface area (Å²) in [7, 11) is 0. The van der Waals surface area contributed by atoms with Gasteiger partial charge in [-0.25, -0.2) is 9.59 Å². The minimum absolute atomic E-state index is 0.0870. The van der Waals surface area contributed by atoms with E-state index in [1.54, 1.807) is 0 Å². The number of amides is 2. The first-order valence-corrected chi connectivity index (χ1v) is 10.3. The standard InChI is InChI=1S/C24H20N2O6/c27-22(26-11-9-20(26)23(28)29)21-19(10-12-31-21)25-24(30)32-13-18-16-7-3-1-5-14(16)15-6-2-4-8-17(15)18/h1-8,10,12,18,20H,9,11,13H2,(H,25,30)(H,28,29). The number of hydrogen-bond acceptors (Lipinski definition) is 5. The molecule has 1 atom stereocenters. The average molecular weight is 432 g/mol. The molecule has 1 fully saturated rings. The van der Waals surface area contributed by atoms with Gasteiger partial charge in [-0.1, -0.05) is 48.5 Å². The summed E-state index contributed by atoms with van der Waals surface area (Å²) >= 11 is 0. The summed E-state index contributed by atoms with van der Waals surface area (Å²) in [6.07, 6.45) is 0.930. The van der Waals surface area contributed by atoms with E-state index in [-0.39, 0.29) is 24.0 Å². The number of benzene rings is 2. The molecule has 1 aromatic heterocycles. The van der Waals surface area contributed by atoms with Crippen LogP contribution in [0.5, 0.6) is 0 Å². The van der Waals surface area contributed by atoms with Crippen LogP contribution in [0.15, 0.2) is 65.3 Å². The molecule has 3 aromatic rings. The SMILES string of the molecule is O=C(Nc1ccoc1C(=O)N1CCC1C(=O)O)OCC1c2ccccc2-c2ccccc21. The minimum Gasteiger partial charge on any atom is -0.480 e. The van der Waals surface area contributed by atoms with Crippen molar-refractivity contribution in [3.8, 4) is 11.1 Å². The predicted molar refractivity (Wildman–Crippen MR) is 114 cm³/mol. The van der Waals surface area contributed by atoms with E-state index in [1.165, 1.54) is 17.2 Å². The minimum atomic E-state index is -1.07. The average Bonchev–Trinajstić information content (AvgIpc) is 3.33. The van der Waals surface area contributed by atoms with Crippen LogP contribution in [0, 0.1) is 0 Å². The molecule has 8 heteroatoms. The Hall–Kier alpha value is -4.07. The zero-order chi connectivity index (χ0) is 22.2. The highest BCUT2D eigenvalue weighted by Crippen LogP contribution is 2.44. The number of fused-ring (bicyclic) bond motifs is 3. The maximum absolute atomic E-state index is 12.6. The van der Waals surface area contributed by atoms with E-state index in [0.29, 0.717) is 13.0 Å². The number of carboxylic acids is 1. The first-order chi connectivity index (χ1) is 15.5. The predicted octanol–water partition coefficient (Wildman–Crippen LogP) is 3.94. The fourth-order valence-electron chi connectivity index (χ4n) is 4.34. The summed E-state index contributed by atoms with van der Waals surface area (Å²) in [5.41, 5.74) is 4.59. The monoisotopic (exact) mass is 432 g/mol. The van der Waals surface area contributed by atoms with Crippen LogP contribution in [0.1, 0.15) is 34.0 Å². The molecule has 32 heavy (non-hydrogen) atoms. The number of anilines is 1. The largest absolute Gasteiger partial charge is 0.480 e.